The number of pyridine rings is 1. The Hall–Kier alpha value is -2.61. The van der Waals surface area contributed by atoms with Crippen LogP contribution in [0.3, 0.4) is 0 Å². The molecule has 9 heteroatoms. The fourth-order valence-corrected chi connectivity index (χ4v) is 2.48. The molecule has 0 unspecified atom stereocenters. The van der Waals surface area contributed by atoms with Crippen molar-refractivity contribution in [1.82, 2.24) is 14.8 Å². The number of primary amides is 1. The number of hydrogen-bond acceptors (Lipinski definition) is 3. The molecule has 2 N–H and O–H groups in total. The van der Waals surface area contributed by atoms with Crippen molar-refractivity contribution in [2.45, 2.75) is 12.7 Å². The van der Waals surface area contributed by atoms with Gasteiger partial charge in [0.15, 0.2) is 5.69 Å². The molecule has 0 saturated carbocycles. The molecule has 5 nitrogen and oxygen atoms in total. The van der Waals surface area contributed by atoms with Gasteiger partial charge < -0.3 is 5.73 Å². The zero-order valence-electron chi connectivity index (χ0n) is 12.0. The second kappa shape index (κ2) is 5.79. The van der Waals surface area contributed by atoms with E-state index in [9.17, 15) is 18.0 Å². The quantitative estimate of drug-likeness (QED) is 0.784. The Labute approximate surface area is 138 Å². The summed E-state index contributed by atoms with van der Waals surface area (Å²) in [5.74, 6) is -1.02. The van der Waals surface area contributed by atoms with Crippen molar-refractivity contribution in [2.24, 2.45) is 5.73 Å². The van der Waals surface area contributed by atoms with Crippen molar-refractivity contribution >= 4 is 28.4 Å². The third-order valence-corrected chi connectivity index (χ3v) is 3.57. The number of benzene rings is 1. The number of hydrogen-bond donors (Lipinski definition) is 1. The maximum absolute atomic E-state index is 13.1. The molecule has 2 aromatic heterocycles. The molecule has 0 fully saturated rings. The average molecular weight is 355 g/mol. The number of halogens is 4. The highest BCUT2D eigenvalue weighted by Crippen LogP contribution is 2.30. The Morgan fingerprint density at radius 1 is 1.25 bits per heavy atom. The third-order valence-electron chi connectivity index (χ3n) is 3.37. The smallest absolute Gasteiger partial charge is 0.364 e. The maximum Gasteiger partial charge on any atom is 0.433 e. The minimum absolute atomic E-state index is 0.176. The van der Waals surface area contributed by atoms with Crippen LogP contribution in [0.5, 0.6) is 0 Å². The Morgan fingerprint density at radius 2 is 2.00 bits per heavy atom. The summed E-state index contributed by atoms with van der Waals surface area (Å²) in [6.45, 7) is -0.176. The molecule has 0 aliphatic heterocycles. The van der Waals surface area contributed by atoms with E-state index in [0.29, 0.717) is 32.2 Å². The molecule has 0 bridgehead atoms. The summed E-state index contributed by atoms with van der Waals surface area (Å²) in [6.07, 6.45) is -3.17. The highest BCUT2D eigenvalue weighted by Gasteiger charge is 2.36. The van der Waals surface area contributed by atoms with Gasteiger partial charge in [-0.15, -0.1) is 0 Å². The fourth-order valence-electron chi connectivity index (χ4n) is 2.31. The van der Waals surface area contributed by atoms with Crippen LogP contribution in [-0.2, 0) is 12.7 Å². The van der Waals surface area contributed by atoms with Crippen LogP contribution in [0.2, 0.25) is 5.02 Å². The van der Waals surface area contributed by atoms with E-state index >= 15 is 0 Å². The Balaban J connectivity index is 2.03. The van der Waals surface area contributed by atoms with Crippen LogP contribution < -0.4 is 5.73 Å². The van der Waals surface area contributed by atoms with Gasteiger partial charge in [-0.3, -0.25) is 14.5 Å². The first-order valence-electron chi connectivity index (χ1n) is 6.73. The van der Waals surface area contributed by atoms with E-state index in [0.717, 1.165) is 0 Å². The molecule has 3 rings (SSSR count). The van der Waals surface area contributed by atoms with E-state index < -0.39 is 23.5 Å². The highest BCUT2D eigenvalue weighted by molar-refractivity contribution is 6.31. The second-order valence-corrected chi connectivity index (χ2v) is 5.55. The molecule has 0 radical (unpaired) electrons. The number of carbonyl (C=O) groups excluding carboxylic acids is 1. The van der Waals surface area contributed by atoms with Crippen LogP contribution in [0, 0.1) is 0 Å². The lowest BCUT2D eigenvalue weighted by molar-refractivity contribution is -0.144. The molecule has 0 spiro atoms. The first kappa shape index (κ1) is 16.3. The monoisotopic (exact) mass is 354 g/mol. The Bertz CT molecular complexity index is 936. The van der Waals surface area contributed by atoms with Crippen molar-refractivity contribution in [2.75, 3.05) is 0 Å². The predicted molar refractivity (Wildman–Crippen MR) is 81.6 cm³/mol. The first-order chi connectivity index (χ1) is 11.2. The standard InChI is InChI=1S/C15H10ClF3N4O/c16-10-4-9-3-8(1-2-11(9)21-6-10)7-23-13(15(17,18)19)5-12(22-23)14(20)24/h1-6H,7H2,(H2,20,24). The molecule has 0 aliphatic carbocycles. The van der Waals surface area contributed by atoms with E-state index in [4.69, 9.17) is 17.3 Å². The summed E-state index contributed by atoms with van der Waals surface area (Å²) in [6, 6.07) is 7.28. The summed E-state index contributed by atoms with van der Waals surface area (Å²) in [5, 5.41) is 4.76. The van der Waals surface area contributed by atoms with E-state index in [2.05, 4.69) is 10.1 Å². The van der Waals surface area contributed by atoms with E-state index in [-0.39, 0.29) is 6.54 Å². The van der Waals surface area contributed by atoms with Gasteiger partial charge in [-0.25, -0.2) is 0 Å². The third kappa shape index (κ3) is 3.18. The van der Waals surface area contributed by atoms with Crippen LogP contribution in [0.15, 0.2) is 36.5 Å². The van der Waals surface area contributed by atoms with Gasteiger partial charge in [-0.1, -0.05) is 17.7 Å². The molecular formula is C15H10ClF3N4O. The number of fused-ring (bicyclic) bond motifs is 1. The largest absolute Gasteiger partial charge is 0.433 e. The van der Waals surface area contributed by atoms with Crippen LogP contribution >= 0.6 is 11.6 Å². The zero-order chi connectivity index (χ0) is 17.5. The highest BCUT2D eigenvalue weighted by atomic mass is 35.5. The van der Waals surface area contributed by atoms with Gasteiger partial charge in [0, 0.05) is 17.6 Å². The molecule has 1 amide bonds. The number of aromatic nitrogens is 3. The summed E-state index contributed by atoms with van der Waals surface area (Å²) >= 11 is 5.87. The number of nitrogens with two attached hydrogens (primary N) is 1. The van der Waals surface area contributed by atoms with Crippen LogP contribution in [0.25, 0.3) is 10.9 Å². The molecule has 0 aliphatic rings. The number of rotatable bonds is 3. The molecule has 0 saturated heterocycles. The minimum atomic E-state index is -4.65. The van der Waals surface area contributed by atoms with Gasteiger partial charge in [-0.05, 0) is 23.8 Å². The summed E-state index contributed by atoms with van der Waals surface area (Å²) in [4.78, 5) is 15.2. The first-order valence-corrected chi connectivity index (χ1v) is 7.11. The Kier molecular flexibility index (Phi) is 3.92. The van der Waals surface area contributed by atoms with Gasteiger partial charge >= 0.3 is 6.18 Å². The van der Waals surface area contributed by atoms with Crippen LogP contribution in [-0.4, -0.2) is 20.7 Å². The fraction of sp³-hybridized carbons (Fsp3) is 0.133. The van der Waals surface area contributed by atoms with Crippen LogP contribution in [0.1, 0.15) is 21.7 Å². The van der Waals surface area contributed by atoms with Crippen molar-refractivity contribution in [3.63, 3.8) is 0 Å². The number of nitrogens with zero attached hydrogens (tertiary/aromatic N) is 3. The van der Waals surface area contributed by atoms with E-state index in [1.165, 1.54) is 6.20 Å². The van der Waals surface area contributed by atoms with Crippen LogP contribution in [0.4, 0.5) is 13.2 Å². The van der Waals surface area contributed by atoms with Crippen molar-refractivity contribution < 1.29 is 18.0 Å². The normalized spacial score (nSPS) is 11.8. The number of carbonyl (C=O) groups is 1. The predicted octanol–water partition coefficient (Wildman–Crippen LogP) is 3.25. The van der Waals surface area contributed by atoms with Crippen molar-refractivity contribution in [1.29, 1.82) is 0 Å². The summed E-state index contributed by atoms with van der Waals surface area (Å²) in [5.41, 5.74) is 4.76. The second-order valence-electron chi connectivity index (χ2n) is 5.12. The average Bonchev–Trinajstić information content (AvgIpc) is 2.91. The van der Waals surface area contributed by atoms with Crippen molar-refractivity contribution in [3.05, 3.63) is 58.5 Å². The SMILES string of the molecule is NC(=O)c1cc(C(F)(F)F)n(Cc2ccc3ncc(Cl)cc3c2)n1. The van der Waals surface area contributed by atoms with E-state index in [1.54, 1.807) is 24.3 Å². The minimum Gasteiger partial charge on any atom is -0.364 e. The van der Waals surface area contributed by atoms with Gasteiger partial charge in [0.25, 0.3) is 5.91 Å². The molecule has 24 heavy (non-hydrogen) atoms. The van der Waals surface area contributed by atoms with Gasteiger partial charge in [0.05, 0.1) is 17.1 Å². The lowest BCUT2D eigenvalue weighted by Crippen LogP contribution is -2.15. The lowest BCUT2D eigenvalue weighted by Gasteiger charge is -2.10. The lowest BCUT2D eigenvalue weighted by atomic mass is 10.1. The molecule has 2 heterocycles. The zero-order valence-corrected chi connectivity index (χ0v) is 12.8. The summed E-state index contributed by atoms with van der Waals surface area (Å²) in [7, 11) is 0. The van der Waals surface area contributed by atoms with Gasteiger partial charge in [0.2, 0.25) is 0 Å². The topological polar surface area (TPSA) is 73.8 Å². The molecule has 1 aromatic carbocycles. The molecular weight excluding hydrogens is 345 g/mol. The molecule has 3 aromatic rings. The van der Waals surface area contributed by atoms with Gasteiger partial charge in [-0.2, -0.15) is 18.3 Å². The molecule has 124 valence electrons. The van der Waals surface area contributed by atoms with Crippen molar-refractivity contribution in [3.8, 4) is 0 Å². The molecule has 0 atom stereocenters. The Morgan fingerprint density at radius 3 is 2.67 bits per heavy atom. The summed E-state index contributed by atoms with van der Waals surface area (Å²) < 4.78 is 40.0. The van der Waals surface area contributed by atoms with Gasteiger partial charge in [0.1, 0.15) is 5.69 Å². The number of alkyl halides is 3. The van der Waals surface area contributed by atoms with E-state index in [1.807, 2.05) is 0 Å². The number of amides is 1. The maximum atomic E-state index is 13.1.